The molecule has 0 aromatic heterocycles. The molecule has 0 unspecified atom stereocenters. The van der Waals surface area contributed by atoms with Gasteiger partial charge in [-0.3, -0.25) is 14.7 Å². The maximum Gasteiger partial charge on any atom is 0.573 e. The Morgan fingerprint density at radius 2 is 1.87 bits per heavy atom. The van der Waals surface area contributed by atoms with Crippen LogP contribution in [0.3, 0.4) is 0 Å². The first-order valence-corrected chi connectivity index (χ1v) is 15.0. The van der Waals surface area contributed by atoms with Crippen LogP contribution >= 0.6 is 11.8 Å². The van der Waals surface area contributed by atoms with Crippen molar-refractivity contribution in [2.75, 3.05) is 39.9 Å². The molecule has 2 N–H and O–H groups in total. The molecule has 4 rings (SSSR count). The van der Waals surface area contributed by atoms with Crippen molar-refractivity contribution in [3.8, 4) is 5.75 Å². The van der Waals surface area contributed by atoms with E-state index in [4.69, 9.17) is 0 Å². The van der Waals surface area contributed by atoms with Crippen LogP contribution in [0.5, 0.6) is 5.75 Å². The van der Waals surface area contributed by atoms with E-state index in [1.54, 1.807) is 7.05 Å². The number of benzene rings is 3. The number of nitrogens with one attached hydrogen (secondary N) is 2. The number of carbonyl (C=O) groups is 2. The number of thioether (sulfide) groups is 1. The minimum atomic E-state index is -4.80. The van der Waals surface area contributed by atoms with Crippen LogP contribution in [0.4, 0.5) is 45.1 Å². The molecule has 0 spiro atoms. The molecule has 0 radical (unpaired) electrons. The third-order valence-corrected chi connectivity index (χ3v) is 7.44. The zero-order valence-corrected chi connectivity index (χ0v) is 26.0. The van der Waals surface area contributed by atoms with Gasteiger partial charge >= 0.3 is 12.4 Å². The van der Waals surface area contributed by atoms with Crippen LogP contribution in [-0.2, 0) is 11.2 Å². The number of aryl methyl sites for hydroxylation is 2. The predicted octanol–water partition coefficient (Wildman–Crippen LogP) is 7.22. The molecule has 0 aliphatic carbocycles. The Morgan fingerprint density at radius 1 is 1.13 bits per heavy atom. The average molecular weight is 658 g/mol. The van der Waals surface area contributed by atoms with Crippen LogP contribution in [0.2, 0.25) is 0 Å². The van der Waals surface area contributed by atoms with E-state index in [2.05, 4.69) is 37.2 Å². The van der Waals surface area contributed by atoms with E-state index in [1.807, 2.05) is 32.0 Å². The fourth-order valence-corrected chi connectivity index (χ4v) is 5.26. The van der Waals surface area contributed by atoms with E-state index >= 15 is 0 Å². The molecule has 3 aromatic carbocycles. The second kappa shape index (κ2) is 14.9. The minimum Gasteiger partial charge on any atom is -0.406 e. The number of carbonyl (C=O) groups excluding carboxylic acids is 2. The SMILES string of the molecule is C=N/C(CNc1ccc(NC(=O)/N=C2\SCC(=O)N2c2cc(C)ccc2CCC)c(F)c1)=N\N(C)c1ccc(OC(F)(F)F)cc1. The summed E-state index contributed by atoms with van der Waals surface area (Å²) in [7, 11) is 1.56. The van der Waals surface area contributed by atoms with Crippen molar-refractivity contribution in [3.05, 3.63) is 77.6 Å². The Balaban J connectivity index is 1.39. The maximum atomic E-state index is 15.0. The molecule has 46 heavy (non-hydrogen) atoms. The van der Waals surface area contributed by atoms with E-state index in [1.165, 1.54) is 34.2 Å². The van der Waals surface area contributed by atoms with Gasteiger partial charge in [-0.1, -0.05) is 37.2 Å². The van der Waals surface area contributed by atoms with Gasteiger partial charge in [-0.25, -0.2) is 14.2 Å². The van der Waals surface area contributed by atoms with Crippen molar-refractivity contribution < 1.29 is 31.9 Å². The van der Waals surface area contributed by atoms with Crippen molar-refractivity contribution in [2.45, 2.75) is 33.1 Å². The Bertz CT molecular complexity index is 1660. The number of aliphatic imine (C=N–C) groups is 2. The fraction of sp³-hybridized carbons (Fsp3) is 0.258. The number of hydrogen-bond donors (Lipinski definition) is 2. The van der Waals surface area contributed by atoms with Crippen LogP contribution in [-0.4, -0.2) is 55.4 Å². The summed E-state index contributed by atoms with van der Waals surface area (Å²) >= 11 is 1.13. The highest BCUT2D eigenvalue weighted by Crippen LogP contribution is 2.32. The Hall–Kier alpha value is -4.92. The summed E-state index contributed by atoms with van der Waals surface area (Å²) in [5.74, 6) is -0.972. The normalized spacial score (nSPS) is 14.4. The van der Waals surface area contributed by atoms with Crippen LogP contribution in [0.15, 0.2) is 75.7 Å². The number of urea groups is 1. The minimum absolute atomic E-state index is 0.0297. The first-order valence-electron chi connectivity index (χ1n) is 14.0. The molecule has 1 aliphatic heterocycles. The van der Waals surface area contributed by atoms with Gasteiger partial charge in [-0.2, -0.15) is 10.1 Å². The number of amidine groups is 2. The lowest BCUT2D eigenvalue weighted by atomic mass is 10.0. The second-order valence-electron chi connectivity index (χ2n) is 10.0. The molecule has 10 nitrogen and oxygen atoms in total. The lowest BCUT2D eigenvalue weighted by molar-refractivity contribution is -0.274. The van der Waals surface area contributed by atoms with Crippen molar-refractivity contribution in [2.24, 2.45) is 15.1 Å². The van der Waals surface area contributed by atoms with E-state index in [0.29, 0.717) is 17.1 Å². The quantitative estimate of drug-likeness (QED) is 0.103. The topological polar surface area (TPSA) is 111 Å². The predicted molar refractivity (Wildman–Crippen MR) is 175 cm³/mol. The fourth-order valence-electron chi connectivity index (χ4n) is 4.40. The molecule has 242 valence electrons. The highest BCUT2D eigenvalue weighted by atomic mass is 32.2. The highest BCUT2D eigenvalue weighted by molar-refractivity contribution is 8.15. The molecule has 1 fully saturated rings. The molecule has 1 saturated heterocycles. The molecule has 3 aromatic rings. The van der Waals surface area contributed by atoms with Crippen molar-refractivity contribution in [3.63, 3.8) is 0 Å². The third-order valence-electron chi connectivity index (χ3n) is 6.52. The van der Waals surface area contributed by atoms with Crippen LogP contribution < -0.4 is 25.3 Å². The van der Waals surface area contributed by atoms with E-state index in [9.17, 15) is 27.2 Å². The summed E-state index contributed by atoms with van der Waals surface area (Å²) in [5.41, 5.74) is 3.29. The van der Waals surface area contributed by atoms with E-state index in [0.717, 1.165) is 53.9 Å². The summed E-state index contributed by atoms with van der Waals surface area (Å²) in [6.07, 6.45) is -3.17. The largest absolute Gasteiger partial charge is 0.573 e. The number of ether oxygens (including phenoxy) is 1. The van der Waals surface area contributed by atoms with Crippen LogP contribution in [0.1, 0.15) is 24.5 Å². The summed E-state index contributed by atoms with van der Waals surface area (Å²) < 4.78 is 56.0. The monoisotopic (exact) mass is 657 g/mol. The molecule has 1 heterocycles. The Labute approximate surface area is 267 Å². The van der Waals surface area contributed by atoms with Gasteiger partial charge in [0.25, 0.3) is 0 Å². The van der Waals surface area contributed by atoms with Crippen molar-refractivity contribution >= 4 is 64.2 Å². The zero-order valence-electron chi connectivity index (χ0n) is 25.2. The molecule has 0 saturated carbocycles. The molecule has 0 atom stereocenters. The Morgan fingerprint density at radius 3 is 2.52 bits per heavy atom. The molecule has 3 amide bonds. The smallest absolute Gasteiger partial charge is 0.406 e. The third kappa shape index (κ3) is 9.06. The average Bonchev–Trinajstić information content (AvgIpc) is 3.35. The number of amides is 3. The first kappa shape index (κ1) is 34.0. The molecular weight excluding hydrogens is 626 g/mol. The van der Waals surface area contributed by atoms with E-state index < -0.39 is 18.2 Å². The molecular formula is C31H31F4N7O3S. The number of halogens is 4. The van der Waals surface area contributed by atoms with Gasteiger partial charge < -0.3 is 15.4 Å². The van der Waals surface area contributed by atoms with E-state index in [-0.39, 0.29) is 40.6 Å². The van der Waals surface area contributed by atoms with Gasteiger partial charge in [-0.05, 0) is 79.7 Å². The maximum absolute atomic E-state index is 15.0. The number of rotatable bonds is 10. The lowest BCUT2D eigenvalue weighted by Crippen LogP contribution is -2.31. The van der Waals surface area contributed by atoms with Crippen molar-refractivity contribution in [1.82, 2.24) is 0 Å². The molecule has 0 bridgehead atoms. The van der Waals surface area contributed by atoms with Gasteiger partial charge in [0.2, 0.25) is 5.91 Å². The Kier molecular flexibility index (Phi) is 11.0. The number of anilines is 4. The number of alkyl halides is 3. The second-order valence-corrected chi connectivity index (χ2v) is 11.0. The van der Waals surface area contributed by atoms with Gasteiger partial charge in [0.15, 0.2) is 11.0 Å². The van der Waals surface area contributed by atoms with Gasteiger partial charge in [0.1, 0.15) is 11.6 Å². The van der Waals surface area contributed by atoms with Gasteiger partial charge in [-0.15, -0.1) is 13.2 Å². The number of hydrazone groups is 1. The highest BCUT2D eigenvalue weighted by Gasteiger charge is 2.32. The number of hydrogen-bond acceptors (Lipinski definition) is 7. The summed E-state index contributed by atoms with van der Waals surface area (Å²) in [6.45, 7) is 7.46. The lowest BCUT2D eigenvalue weighted by Gasteiger charge is -2.20. The molecule has 1 aliphatic rings. The molecule has 15 heteroatoms. The zero-order chi connectivity index (χ0) is 33.4. The van der Waals surface area contributed by atoms with Crippen molar-refractivity contribution in [1.29, 1.82) is 0 Å². The standard InChI is InChI=1S/C31H31F4N7O3S/c1-5-6-20-8-7-19(2)15-26(20)42-28(43)18-46-30(42)39-29(44)38-25-14-9-21(16-24(25)32)37-17-27(36-3)40-41(4)22-10-12-23(13-11-22)45-31(33,34)35/h7-16,37H,3,5-6,17-18H2,1-2,4H3,(H,38,44)/b39-30-,40-27-. The van der Waals surface area contributed by atoms with Crippen LogP contribution in [0, 0.1) is 12.7 Å². The summed E-state index contributed by atoms with van der Waals surface area (Å²) in [5, 5.41) is 11.2. The summed E-state index contributed by atoms with van der Waals surface area (Å²) in [4.78, 5) is 34.9. The van der Waals surface area contributed by atoms with Crippen LogP contribution in [0.25, 0.3) is 0 Å². The number of nitrogens with zero attached hydrogens (tertiary/aromatic N) is 5. The summed E-state index contributed by atoms with van der Waals surface area (Å²) in [6, 6.07) is 14.1. The first-order chi connectivity index (χ1) is 21.9. The van der Waals surface area contributed by atoms with Gasteiger partial charge in [0.05, 0.1) is 29.4 Å². The van der Waals surface area contributed by atoms with Gasteiger partial charge in [0, 0.05) is 12.7 Å².